The number of nitrogens with zero attached hydrogens (tertiary/aromatic N) is 1. The standard InChI is InChI=1S/C21H25ClN2O3S/c1-2-8-19(16-9-4-3-5-10-16)23-21(25)17-11-12-18(22)20(15-17)28(26,27)24-13-6-7-14-24/h3-5,9-12,15,19H,2,6-8,13-14H2,1H3,(H,23,25)/t19-/m1/s1. The third-order valence-electron chi connectivity index (χ3n) is 4.96. The van der Waals surface area contributed by atoms with Crippen molar-refractivity contribution in [3.63, 3.8) is 0 Å². The zero-order valence-electron chi connectivity index (χ0n) is 15.9. The number of nitrogens with one attached hydrogen (secondary N) is 1. The van der Waals surface area contributed by atoms with Gasteiger partial charge in [-0.2, -0.15) is 4.31 Å². The van der Waals surface area contributed by atoms with Crippen LogP contribution in [0.25, 0.3) is 0 Å². The normalized spacial score (nSPS) is 16.1. The van der Waals surface area contributed by atoms with Crippen LogP contribution in [0.4, 0.5) is 0 Å². The predicted octanol–water partition coefficient (Wildman–Crippen LogP) is 4.40. The van der Waals surface area contributed by atoms with Crippen molar-refractivity contribution in [2.45, 2.75) is 43.5 Å². The molecule has 2 aromatic carbocycles. The van der Waals surface area contributed by atoms with E-state index in [1.807, 2.05) is 30.3 Å². The molecule has 0 unspecified atom stereocenters. The van der Waals surface area contributed by atoms with Crippen LogP contribution < -0.4 is 5.32 Å². The first-order valence-electron chi connectivity index (χ1n) is 9.59. The minimum absolute atomic E-state index is 0.00420. The first kappa shape index (κ1) is 20.8. The summed E-state index contributed by atoms with van der Waals surface area (Å²) in [6.45, 7) is 3.04. The van der Waals surface area contributed by atoms with E-state index in [9.17, 15) is 13.2 Å². The highest BCUT2D eigenvalue weighted by atomic mass is 35.5. The van der Waals surface area contributed by atoms with Gasteiger partial charge in [-0.25, -0.2) is 8.42 Å². The largest absolute Gasteiger partial charge is 0.345 e. The SMILES string of the molecule is CCC[C@@H](NC(=O)c1ccc(Cl)c(S(=O)(=O)N2CCCC2)c1)c1ccccc1. The Hall–Kier alpha value is -1.89. The summed E-state index contributed by atoms with van der Waals surface area (Å²) in [5.74, 6) is -0.308. The lowest BCUT2D eigenvalue weighted by Gasteiger charge is -2.20. The second-order valence-corrected chi connectivity index (χ2v) is 9.30. The van der Waals surface area contributed by atoms with Gasteiger partial charge in [0.1, 0.15) is 4.90 Å². The van der Waals surface area contributed by atoms with E-state index in [0.717, 1.165) is 31.2 Å². The van der Waals surface area contributed by atoms with Gasteiger partial charge in [-0.3, -0.25) is 4.79 Å². The minimum Gasteiger partial charge on any atom is -0.345 e. The van der Waals surface area contributed by atoms with Crippen LogP contribution in [0.3, 0.4) is 0 Å². The summed E-state index contributed by atoms with van der Waals surface area (Å²) in [7, 11) is -3.69. The third kappa shape index (κ3) is 4.57. The number of benzene rings is 2. The molecule has 1 N–H and O–H groups in total. The molecule has 7 heteroatoms. The van der Waals surface area contributed by atoms with Gasteiger partial charge in [-0.1, -0.05) is 55.3 Å². The zero-order chi connectivity index (χ0) is 20.1. The molecule has 1 aliphatic rings. The molecule has 150 valence electrons. The molecule has 0 radical (unpaired) electrons. The Morgan fingerprint density at radius 2 is 1.82 bits per heavy atom. The lowest BCUT2D eigenvalue weighted by atomic mass is 10.0. The van der Waals surface area contributed by atoms with Gasteiger partial charge < -0.3 is 5.32 Å². The summed E-state index contributed by atoms with van der Waals surface area (Å²) in [6, 6.07) is 14.1. The molecule has 1 amide bonds. The van der Waals surface area contributed by atoms with Crippen molar-refractivity contribution in [3.05, 3.63) is 64.7 Å². The maximum Gasteiger partial charge on any atom is 0.251 e. The Kier molecular flexibility index (Phi) is 6.75. The molecular weight excluding hydrogens is 396 g/mol. The van der Waals surface area contributed by atoms with Crippen LogP contribution in [0.1, 0.15) is 54.6 Å². The second-order valence-electron chi connectivity index (χ2n) is 6.98. The Balaban J connectivity index is 1.86. The molecule has 0 spiro atoms. The van der Waals surface area contributed by atoms with Crippen molar-refractivity contribution in [2.75, 3.05) is 13.1 Å². The van der Waals surface area contributed by atoms with Crippen LogP contribution in [0.15, 0.2) is 53.4 Å². The van der Waals surface area contributed by atoms with Gasteiger partial charge in [-0.05, 0) is 43.0 Å². The molecule has 0 aliphatic carbocycles. The first-order chi connectivity index (χ1) is 13.4. The number of sulfonamides is 1. The van der Waals surface area contributed by atoms with Crippen molar-refractivity contribution in [2.24, 2.45) is 0 Å². The monoisotopic (exact) mass is 420 g/mol. The van der Waals surface area contributed by atoms with Gasteiger partial charge in [0.25, 0.3) is 5.91 Å². The Labute approximate surface area is 171 Å². The van der Waals surface area contributed by atoms with Gasteiger partial charge in [0.2, 0.25) is 10.0 Å². The van der Waals surface area contributed by atoms with Crippen molar-refractivity contribution in [1.82, 2.24) is 9.62 Å². The van der Waals surface area contributed by atoms with Crippen molar-refractivity contribution in [3.8, 4) is 0 Å². The highest BCUT2D eigenvalue weighted by Gasteiger charge is 2.30. The molecule has 1 saturated heterocycles. The molecule has 1 heterocycles. The molecule has 5 nitrogen and oxygen atoms in total. The smallest absolute Gasteiger partial charge is 0.251 e. The lowest BCUT2D eigenvalue weighted by Crippen LogP contribution is -2.30. The van der Waals surface area contributed by atoms with Crippen LogP contribution in [-0.2, 0) is 10.0 Å². The molecule has 1 fully saturated rings. The van der Waals surface area contributed by atoms with E-state index in [4.69, 9.17) is 11.6 Å². The Morgan fingerprint density at radius 1 is 1.14 bits per heavy atom. The maximum atomic E-state index is 12.9. The fourth-order valence-electron chi connectivity index (χ4n) is 3.45. The quantitative estimate of drug-likeness (QED) is 0.722. The number of amides is 1. The highest BCUT2D eigenvalue weighted by molar-refractivity contribution is 7.89. The van der Waals surface area contributed by atoms with E-state index in [0.29, 0.717) is 18.7 Å². The molecule has 0 bridgehead atoms. The number of halogens is 1. The fourth-order valence-corrected chi connectivity index (χ4v) is 5.47. The van der Waals surface area contributed by atoms with E-state index in [1.54, 1.807) is 6.07 Å². The van der Waals surface area contributed by atoms with Crippen LogP contribution >= 0.6 is 11.6 Å². The van der Waals surface area contributed by atoms with E-state index < -0.39 is 10.0 Å². The van der Waals surface area contributed by atoms with Gasteiger partial charge in [0, 0.05) is 18.7 Å². The summed E-state index contributed by atoms with van der Waals surface area (Å²) in [4.78, 5) is 12.8. The molecular formula is C21H25ClN2O3S. The number of hydrogen-bond acceptors (Lipinski definition) is 3. The van der Waals surface area contributed by atoms with Crippen molar-refractivity contribution < 1.29 is 13.2 Å². The third-order valence-corrected chi connectivity index (χ3v) is 7.34. The molecule has 1 atom stereocenters. The summed E-state index contributed by atoms with van der Waals surface area (Å²) in [5, 5.41) is 3.16. The van der Waals surface area contributed by atoms with Gasteiger partial charge in [0.05, 0.1) is 11.1 Å². The lowest BCUT2D eigenvalue weighted by molar-refractivity contribution is 0.0934. The van der Waals surface area contributed by atoms with Gasteiger partial charge in [-0.15, -0.1) is 0 Å². The number of hydrogen-bond donors (Lipinski definition) is 1. The summed E-state index contributed by atoms with van der Waals surface area (Å²) in [5.41, 5.74) is 1.32. The average molecular weight is 421 g/mol. The van der Waals surface area contributed by atoms with Gasteiger partial charge >= 0.3 is 0 Å². The first-order valence-corrected chi connectivity index (χ1v) is 11.4. The molecule has 1 aliphatic heterocycles. The van der Waals surface area contributed by atoms with Crippen LogP contribution in [0, 0.1) is 0 Å². The molecule has 0 saturated carbocycles. The van der Waals surface area contributed by atoms with Crippen LogP contribution in [0.5, 0.6) is 0 Å². The topological polar surface area (TPSA) is 66.5 Å². The summed E-state index contributed by atoms with van der Waals surface area (Å²) in [6.07, 6.45) is 3.39. The highest BCUT2D eigenvalue weighted by Crippen LogP contribution is 2.28. The molecule has 28 heavy (non-hydrogen) atoms. The molecule has 2 aromatic rings. The Bertz CT molecular complexity index is 926. The minimum atomic E-state index is -3.69. The second kappa shape index (κ2) is 9.07. The van der Waals surface area contributed by atoms with Crippen molar-refractivity contribution in [1.29, 1.82) is 0 Å². The van der Waals surface area contributed by atoms with Crippen LogP contribution in [0.2, 0.25) is 5.02 Å². The van der Waals surface area contributed by atoms with E-state index in [-0.39, 0.29) is 21.9 Å². The van der Waals surface area contributed by atoms with Crippen molar-refractivity contribution >= 4 is 27.5 Å². The van der Waals surface area contributed by atoms with Crippen LogP contribution in [-0.4, -0.2) is 31.7 Å². The summed E-state index contributed by atoms with van der Waals surface area (Å²) >= 11 is 6.18. The number of carbonyl (C=O) groups excluding carboxylic acids is 1. The summed E-state index contributed by atoms with van der Waals surface area (Å²) < 4.78 is 27.2. The average Bonchev–Trinajstić information content (AvgIpc) is 3.24. The van der Waals surface area contributed by atoms with E-state index in [1.165, 1.54) is 16.4 Å². The molecule has 0 aromatic heterocycles. The molecule has 3 rings (SSSR count). The van der Waals surface area contributed by atoms with E-state index >= 15 is 0 Å². The predicted molar refractivity (Wildman–Crippen MR) is 111 cm³/mol. The zero-order valence-corrected chi connectivity index (χ0v) is 17.5. The number of carbonyl (C=O) groups is 1. The fraction of sp³-hybridized carbons (Fsp3) is 0.381. The van der Waals surface area contributed by atoms with Gasteiger partial charge in [0.15, 0.2) is 0 Å². The van der Waals surface area contributed by atoms with E-state index in [2.05, 4.69) is 12.2 Å². The number of rotatable bonds is 7. The maximum absolute atomic E-state index is 12.9. The Morgan fingerprint density at radius 3 is 2.46 bits per heavy atom.